The predicted molar refractivity (Wildman–Crippen MR) is 93.6 cm³/mol. The van der Waals surface area contributed by atoms with E-state index >= 15 is 0 Å². The van der Waals surface area contributed by atoms with Crippen molar-refractivity contribution in [3.05, 3.63) is 11.9 Å². The van der Waals surface area contributed by atoms with Crippen LogP contribution < -0.4 is 0 Å². The number of sulfone groups is 1. The second-order valence-electron chi connectivity index (χ2n) is 6.27. The summed E-state index contributed by atoms with van der Waals surface area (Å²) in [5, 5.41) is 9.25. The molecule has 1 rings (SSSR count). The molecule has 0 atom stereocenters. The van der Waals surface area contributed by atoms with Crippen molar-refractivity contribution in [2.45, 2.75) is 45.4 Å². The fourth-order valence-electron chi connectivity index (χ4n) is 2.39. The third-order valence-corrected chi connectivity index (χ3v) is 5.57. The van der Waals surface area contributed by atoms with E-state index in [2.05, 4.69) is 4.98 Å². The standard InChI is InChI=1S/C16H31N3O4S/c1-5-18(7-9-20)13-15-12-17-16(19(15)8-10-23-4)24(21,22)11-6-14(2)3/h12,14,20H,5-11,13H2,1-4H3. The highest BCUT2D eigenvalue weighted by Crippen LogP contribution is 2.17. The van der Waals surface area contributed by atoms with Crippen LogP contribution in [0.3, 0.4) is 0 Å². The smallest absolute Gasteiger partial charge is 0.227 e. The second-order valence-corrected chi connectivity index (χ2v) is 8.27. The Kier molecular flexibility index (Phi) is 8.90. The Balaban J connectivity index is 3.08. The summed E-state index contributed by atoms with van der Waals surface area (Å²) in [5.74, 6) is 0.421. The molecule has 0 saturated heterocycles. The van der Waals surface area contributed by atoms with Gasteiger partial charge in [-0.3, -0.25) is 4.90 Å². The van der Waals surface area contributed by atoms with E-state index in [0.717, 1.165) is 12.2 Å². The molecule has 0 unspecified atom stereocenters. The molecule has 0 bridgehead atoms. The van der Waals surface area contributed by atoms with Gasteiger partial charge in [-0.1, -0.05) is 20.8 Å². The lowest BCUT2D eigenvalue weighted by atomic mass is 10.2. The SMILES string of the molecule is CCN(CCO)Cc1cnc(S(=O)(=O)CCC(C)C)n1CCOC. The molecule has 7 nitrogen and oxygen atoms in total. The van der Waals surface area contributed by atoms with Gasteiger partial charge in [0.25, 0.3) is 0 Å². The van der Waals surface area contributed by atoms with Crippen LogP contribution in [-0.2, 0) is 27.7 Å². The lowest BCUT2D eigenvalue weighted by Crippen LogP contribution is -2.28. The number of likely N-dealkylation sites (N-methyl/N-ethyl adjacent to an activating group) is 1. The molecule has 0 aliphatic carbocycles. The normalized spacial score (nSPS) is 12.5. The second kappa shape index (κ2) is 10.1. The molecule has 1 aromatic heterocycles. The van der Waals surface area contributed by atoms with E-state index in [1.807, 2.05) is 25.7 Å². The van der Waals surface area contributed by atoms with Crippen LogP contribution in [0.25, 0.3) is 0 Å². The zero-order valence-electron chi connectivity index (χ0n) is 15.2. The molecule has 1 N–H and O–H groups in total. The molecule has 0 aromatic carbocycles. The minimum absolute atomic E-state index is 0.0690. The molecule has 1 aromatic rings. The van der Waals surface area contributed by atoms with Crippen LogP contribution in [0.2, 0.25) is 0 Å². The predicted octanol–water partition coefficient (Wildman–Crippen LogP) is 1.16. The molecule has 0 amide bonds. The molecule has 0 radical (unpaired) electrons. The maximum absolute atomic E-state index is 12.6. The van der Waals surface area contributed by atoms with E-state index in [-0.39, 0.29) is 17.5 Å². The average molecular weight is 362 g/mol. The van der Waals surface area contributed by atoms with Crippen LogP contribution in [0.1, 0.15) is 32.9 Å². The molecule has 24 heavy (non-hydrogen) atoms. The van der Waals surface area contributed by atoms with Gasteiger partial charge in [0.2, 0.25) is 15.0 Å². The number of rotatable bonds is 12. The third kappa shape index (κ3) is 6.16. The fraction of sp³-hybridized carbons (Fsp3) is 0.812. The maximum Gasteiger partial charge on any atom is 0.227 e. The van der Waals surface area contributed by atoms with Gasteiger partial charge in [-0.15, -0.1) is 0 Å². The fourth-order valence-corrected chi connectivity index (χ4v) is 4.11. The van der Waals surface area contributed by atoms with Crippen molar-refractivity contribution in [2.24, 2.45) is 5.92 Å². The van der Waals surface area contributed by atoms with E-state index in [1.165, 1.54) is 0 Å². The number of aliphatic hydroxyl groups is 1. The number of hydrogen-bond donors (Lipinski definition) is 1. The quantitative estimate of drug-likeness (QED) is 0.601. The number of methoxy groups -OCH3 is 1. The van der Waals surface area contributed by atoms with E-state index in [4.69, 9.17) is 9.84 Å². The van der Waals surface area contributed by atoms with E-state index in [9.17, 15) is 8.42 Å². The van der Waals surface area contributed by atoms with Crippen molar-refractivity contribution in [3.63, 3.8) is 0 Å². The highest BCUT2D eigenvalue weighted by Gasteiger charge is 2.24. The molecule has 8 heteroatoms. The number of ether oxygens (including phenoxy) is 1. The Morgan fingerprint density at radius 2 is 2.12 bits per heavy atom. The van der Waals surface area contributed by atoms with Crippen molar-refractivity contribution in [2.75, 3.05) is 39.2 Å². The van der Waals surface area contributed by atoms with Crippen molar-refractivity contribution in [1.29, 1.82) is 0 Å². The molecular formula is C16H31N3O4S. The van der Waals surface area contributed by atoms with Crippen LogP contribution in [0.5, 0.6) is 0 Å². The first-order valence-electron chi connectivity index (χ1n) is 8.45. The van der Waals surface area contributed by atoms with Crippen LogP contribution in [0.4, 0.5) is 0 Å². The first-order valence-corrected chi connectivity index (χ1v) is 10.1. The van der Waals surface area contributed by atoms with Crippen molar-refractivity contribution < 1.29 is 18.3 Å². The number of aliphatic hydroxyl groups excluding tert-OH is 1. The Bertz CT molecular complexity index is 584. The minimum atomic E-state index is -3.42. The van der Waals surface area contributed by atoms with E-state index < -0.39 is 9.84 Å². The summed E-state index contributed by atoms with van der Waals surface area (Å²) in [5.41, 5.74) is 0.825. The summed E-state index contributed by atoms with van der Waals surface area (Å²) in [4.78, 5) is 6.24. The summed E-state index contributed by atoms with van der Waals surface area (Å²) < 4.78 is 32.1. The lowest BCUT2D eigenvalue weighted by molar-refractivity contribution is 0.176. The van der Waals surface area contributed by atoms with E-state index in [0.29, 0.717) is 38.6 Å². The highest BCUT2D eigenvalue weighted by molar-refractivity contribution is 7.91. The molecule has 0 aliphatic rings. The molecule has 0 fully saturated rings. The third-order valence-electron chi connectivity index (χ3n) is 3.91. The number of hydrogen-bond acceptors (Lipinski definition) is 6. The Labute approximate surface area is 145 Å². The van der Waals surface area contributed by atoms with Crippen molar-refractivity contribution in [1.82, 2.24) is 14.5 Å². The van der Waals surface area contributed by atoms with Crippen LogP contribution in [0.15, 0.2) is 11.4 Å². The van der Waals surface area contributed by atoms with Crippen LogP contribution in [-0.4, -0.2) is 67.1 Å². The van der Waals surface area contributed by atoms with E-state index in [1.54, 1.807) is 17.9 Å². The Hall–Kier alpha value is -0.960. The zero-order valence-corrected chi connectivity index (χ0v) is 16.0. The summed E-state index contributed by atoms with van der Waals surface area (Å²) in [6, 6.07) is 0. The number of imidazole rings is 1. The van der Waals surface area contributed by atoms with Gasteiger partial charge in [0.05, 0.1) is 30.9 Å². The highest BCUT2D eigenvalue weighted by atomic mass is 32.2. The van der Waals surface area contributed by atoms with Crippen LogP contribution >= 0.6 is 0 Å². The van der Waals surface area contributed by atoms with Gasteiger partial charge in [-0.25, -0.2) is 13.4 Å². The monoisotopic (exact) mass is 361 g/mol. The van der Waals surface area contributed by atoms with Crippen molar-refractivity contribution in [3.8, 4) is 0 Å². The molecule has 0 saturated carbocycles. The first-order chi connectivity index (χ1) is 11.4. The van der Waals surface area contributed by atoms with Gasteiger partial charge in [-0.05, 0) is 18.9 Å². The van der Waals surface area contributed by atoms with Gasteiger partial charge in [0.15, 0.2) is 0 Å². The molecule has 1 heterocycles. The van der Waals surface area contributed by atoms with Crippen LogP contribution in [0, 0.1) is 5.92 Å². The minimum Gasteiger partial charge on any atom is -0.395 e. The molecule has 0 spiro atoms. The first kappa shape index (κ1) is 21.1. The van der Waals surface area contributed by atoms with Gasteiger partial charge >= 0.3 is 0 Å². The Morgan fingerprint density at radius 1 is 1.42 bits per heavy atom. The summed E-state index contributed by atoms with van der Waals surface area (Å²) >= 11 is 0. The number of aromatic nitrogens is 2. The van der Waals surface area contributed by atoms with Crippen molar-refractivity contribution >= 4 is 9.84 Å². The molecule has 140 valence electrons. The number of nitrogens with zero attached hydrogens (tertiary/aromatic N) is 3. The van der Waals surface area contributed by atoms with Gasteiger partial charge in [-0.2, -0.15) is 0 Å². The molecule has 0 aliphatic heterocycles. The lowest BCUT2D eigenvalue weighted by Gasteiger charge is -2.20. The summed E-state index contributed by atoms with van der Waals surface area (Å²) in [6.45, 7) is 8.81. The van der Waals surface area contributed by atoms with Gasteiger partial charge in [0.1, 0.15) is 0 Å². The zero-order chi connectivity index (χ0) is 18.2. The van der Waals surface area contributed by atoms with Gasteiger partial charge in [0, 0.05) is 26.7 Å². The average Bonchev–Trinajstić information content (AvgIpc) is 2.94. The topological polar surface area (TPSA) is 84.7 Å². The Morgan fingerprint density at radius 3 is 2.67 bits per heavy atom. The summed E-state index contributed by atoms with van der Waals surface area (Å²) in [7, 11) is -1.83. The molecular weight excluding hydrogens is 330 g/mol. The largest absolute Gasteiger partial charge is 0.395 e. The maximum atomic E-state index is 12.6. The summed E-state index contributed by atoms with van der Waals surface area (Å²) in [6.07, 6.45) is 2.23. The van der Waals surface area contributed by atoms with Gasteiger partial charge < -0.3 is 14.4 Å².